The Morgan fingerprint density at radius 1 is 0.879 bits per heavy atom. The summed E-state index contributed by atoms with van der Waals surface area (Å²) in [7, 11) is 0. The molecule has 5 aliphatic carbocycles. The van der Waals surface area contributed by atoms with E-state index in [2.05, 4.69) is 41.5 Å². The maximum absolute atomic E-state index is 12.9. The molecular formula is C30H48Cl2O. The largest absolute Gasteiger partial charge is 0.296 e. The summed E-state index contributed by atoms with van der Waals surface area (Å²) in [6.45, 7) is 14.7. The van der Waals surface area contributed by atoms with E-state index in [0.717, 1.165) is 48.3 Å². The van der Waals surface area contributed by atoms with E-state index in [0.29, 0.717) is 16.7 Å². The summed E-state index contributed by atoms with van der Waals surface area (Å²) in [5.74, 6) is 6.06. The quantitative estimate of drug-likeness (QED) is 0.348. The van der Waals surface area contributed by atoms with Crippen LogP contribution in [0.4, 0.5) is 0 Å². The second kappa shape index (κ2) is 8.13. The molecule has 5 fully saturated rings. The molecule has 0 aliphatic heterocycles. The molecule has 0 saturated heterocycles. The van der Waals surface area contributed by atoms with Gasteiger partial charge in [0, 0.05) is 11.3 Å². The van der Waals surface area contributed by atoms with Crippen LogP contribution in [0.15, 0.2) is 0 Å². The van der Waals surface area contributed by atoms with Crippen LogP contribution in [0.5, 0.6) is 0 Å². The smallest absolute Gasteiger partial charge is 0.182 e. The fraction of sp³-hybridized carbons (Fsp3) is 0.967. The van der Waals surface area contributed by atoms with Crippen LogP contribution in [0.3, 0.4) is 0 Å². The standard InChI is InChI=1S/C30H48Cl2O/c1-18(2)8-7-9-19(3)22-12-13-23-21-11-10-20-16-29(6)25(26(33)30(29,31)32)17-28(20,5)24(21)14-15-27(22,23)4/h18-25H,7-17H2,1-6H3/t19-,20-,21-,22+,23-,24-,25+,27+,28-,29+/m0/s1. The Labute approximate surface area is 213 Å². The summed E-state index contributed by atoms with van der Waals surface area (Å²) >= 11 is 13.2. The molecule has 0 unspecified atom stereocenters. The zero-order valence-corrected chi connectivity index (χ0v) is 23.6. The Morgan fingerprint density at radius 3 is 2.27 bits per heavy atom. The molecule has 0 radical (unpaired) electrons. The van der Waals surface area contributed by atoms with Gasteiger partial charge in [0.05, 0.1) is 0 Å². The van der Waals surface area contributed by atoms with E-state index in [-0.39, 0.29) is 17.1 Å². The lowest BCUT2D eigenvalue weighted by Crippen LogP contribution is -2.70. The Kier molecular flexibility index (Phi) is 6.14. The first-order valence-corrected chi connectivity index (χ1v) is 15.0. The number of hydrogen-bond donors (Lipinski definition) is 0. The third-order valence-corrected chi connectivity index (χ3v) is 13.9. The van der Waals surface area contributed by atoms with E-state index in [4.69, 9.17) is 23.2 Å². The number of ketones is 1. The number of Topliss-reactive ketones (excluding diaryl/α,β-unsaturated/α-hetero) is 1. The normalized spacial score (nSPS) is 51.2. The summed E-state index contributed by atoms with van der Waals surface area (Å²) in [6, 6.07) is 0. The molecule has 5 saturated carbocycles. The van der Waals surface area contributed by atoms with Gasteiger partial charge in [-0.2, -0.15) is 0 Å². The molecule has 0 bridgehead atoms. The molecule has 0 aromatic carbocycles. The van der Waals surface area contributed by atoms with Crippen molar-refractivity contribution in [3.8, 4) is 0 Å². The maximum Gasteiger partial charge on any atom is 0.182 e. The Hall–Kier alpha value is 0.250. The van der Waals surface area contributed by atoms with Gasteiger partial charge in [0.25, 0.3) is 0 Å². The van der Waals surface area contributed by atoms with Gasteiger partial charge in [-0.3, -0.25) is 4.79 Å². The lowest BCUT2D eigenvalue weighted by molar-refractivity contribution is -0.183. The van der Waals surface area contributed by atoms with Crippen molar-refractivity contribution in [1.29, 1.82) is 0 Å². The first kappa shape index (κ1) is 24.9. The third-order valence-electron chi connectivity index (χ3n) is 12.7. The van der Waals surface area contributed by atoms with Crippen LogP contribution in [0.2, 0.25) is 0 Å². The van der Waals surface area contributed by atoms with E-state index in [9.17, 15) is 4.79 Å². The van der Waals surface area contributed by atoms with Gasteiger partial charge in [0.2, 0.25) is 0 Å². The zero-order chi connectivity index (χ0) is 24.0. The molecule has 0 amide bonds. The predicted molar refractivity (Wildman–Crippen MR) is 139 cm³/mol. The van der Waals surface area contributed by atoms with Crippen LogP contribution >= 0.6 is 23.2 Å². The van der Waals surface area contributed by atoms with Gasteiger partial charge < -0.3 is 0 Å². The highest BCUT2D eigenvalue weighted by molar-refractivity contribution is 6.61. The van der Waals surface area contributed by atoms with E-state index >= 15 is 0 Å². The van der Waals surface area contributed by atoms with Crippen LogP contribution < -0.4 is 0 Å². The van der Waals surface area contributed by atoms with E-state index < -0.39 is 4.33 Å². The highest BCUT2D eigenvalue weighted by atomic mass is 35.5. The molecule has 5 rings (SSSR count). The van der Waals surface area contributed by atoms with Crippen molar-refractivity contribution >= 4 is 29.0 Å². The first-order chi connectivity index (χ1) is 15.4. The van der Waals surface area contributed by atoms with Crippen molar-refractivity contribution in [2.24, 2.45) is 63.6 Å². The van der Waals surface area contributed by atoms with Crippen LogP contribution in [0.1, 0.15) is 112 Å². The Bertz CT molecular complexity index is 790. The highest BCUT2D eigenvalue weighted by Gasteiger charge is 2.74. The van der Waals surface area contributed by atoms with Crippen molar-refractivity contribution in [1.82, 2.24) is 0 Å². The number of carbonyl (C=O) groups is 1. The molecule has 5 aliphatic rings. The molecule has 10 atom stereocenters. The van der Waals surface area contributed by atoms with Gasteiger partial charge in [0.15, 0.2) is 10.1 Å². The summed E-state index contributed by atoms with van der Waals surface area (Å²) in [5.41, 5.74) is 0.630. The van der Waals surface area contributed by atoms with Gasteiger partial charge in [-0.25, -0.2) is 0 Å². The predicted octanol–water partition coefficient (Wildman–Crippen LogP) is 9.10. The molecule has 0 aromatic heterocycles. The van der Waals surface area contributed by atoms with Crippen molar-refractivity contribution in [3.63, 3.8) is 0 Å². The maximum atomic E-state index is 12.9. The molecule has 0 spiro atoms. The highest BCUT2D eigenvalue weighted by Crippen LogP contribution is 2.74. The fourth-order valence-corrected chi connectivity index (χ4v) is 11.4. The van der Waals surface area contributed by atoms with Crippen LogP contribution in [0, 0.1) is 63.6 Å². The monoisotopic (exact) mass is 494 g/mol. The van der Waals surface area contributed by atoms with E-state index in [1.165, 1.54) is 57.8 Å². The second-order valence-electron chi connectivity index (χ2n) is 14.5. The average Bonchev–Trinajstić information content (AvgIpc) is 3.10. The Morgan fingerprint density at radius 2 is 1.58 bits per heavy atom. The van der Waals surface area contributed by atoms with Gasteiger partial charge in [-0.1, -0.05) is 84.0 Å². The van der Waals surface area contributed by atoms with Crippen molar-refractivity contribution in [3.05, 3.63) is 0 Å². The van der Waals surface area contributed by atoms with Gasteiger partial charge in [-0.15, -0.1) is 0 Å². The number of halogens is 2. The number of hydrogen-bond acceptors (Lipinski definition) is 1. The lowest BCUT2D eigenvalue weighted by atomic mass is 9.38. The van der Waals surface area contributed by atoms with Crippen molar-refractivity contribution in [2.75, 3.05) is 0 Å². The SMILES string of the molecule is CC(C)CCC[C@H](C)[C@H]1CC[C@H]2[C@@H]3CC[C@H]4C[C@]5(C)[C@H](C[C@]4(C)[C@H]3CC[C@]12C)C(=O)C5(Cl)Cl. The summed E-state index contributed by atoms with van der Waals surface area (Å²) in [4.78, 5) is 12.9. The van der Waals surface area contributed by atoms with Crippen molar-refractivity contribution in [2.45, 2.75) is 117 Å². The number of carbonyl (C=O) groups excluding carboxylic acids is 1. The zero-order valence-electron chi connectivity index (χ0n) is 22.1. The average molecular weight is 496 g/mol. The summed E-state index contributed by atoms with van der Waals surface area (Å²) < 4.78 is -1.15. The van der Waals surface area contributed by atoms with Crippen molar-refractivity contribution < 1.29 is 4.79 Å². The van der Waals surface area contributed by atoms with E-state index in [1.54, 1.807) is 0 Å². The van der Waals surface area contributed by atoms with Crippen LogP contribution in [-0.4, -0.2) is 10.1 Å². The minimum atomic E-state index is -1.15. The van der Waals surface area contributed by atoms with Crippen LogP contribution in [-0.2, 0) is 4.79 Å². The molecule has 3 heteroatoms. The van der Waals surface area contributed by atoms with Gasteiger partial charge in [-0.05, 0) is 104 Å². The number of alkyl halides is 2. The molecule has 33 heavy (non-hydrogen) atoms. The topological polar surface area (TPSA) is 17.1 Å². The molecule has 0 N–H and O–H groups in total. The fourth-order valence-electron chi connectivity index (χ4n) is 10.7. The number of rotatable bonds is 5. The second-order valence-corrected chi connectivity index (χ2v) is 15.8. The third kappa shape index (κ3) is 3.39. The molecule has 0 heterocycles. The summed E-state index contributed by atoms with van der Waals surface area (Å²) in [6.07, 6.45) is 14.7. The molecule has 1 nitrogen and oxygen atoms in total. The van der Waals surface area contributed by atoms with Gasteiger partial charge >= 0.3 is 0 Å². The molecule has 188 valence electrons. The minimum Gasteiger partial charge on any atom is -0.296 e. The molecular weight excluding hydrogens is 447 g/mol. The molecule has 0 aromatic rings. The lowest BCUT2D eigenvalue weighted by Gasteiger charge is -2.68. The van der Waals surface area contributed by atoms with Crippen LogP contribution in [0.25, 0.3) is 0 Å². The van der Waals surface area contributed by atoms with E-state index in [1.807, 2.05) is 0 Å². The number of fused-ring (bicyclic) bond motifs is 6. The first-order valence-electron chi connectivity index (χ1n) is 14.3. The summed E-state index contributed by atoms with van der Waals surface area (Å²) in [5, 5.41) is 0. The van der Waals surface area contributed by atoms with Gasteiger partial charge in [0.1, 0.15) is 0 Å². The minimum absolute atomic E-state index is 0.0816. The Balaban J connectivity index is 1.33.